The van der Waals surface area contributed by atoms with E-state index in [1.807, 2.05) is 6.92 Å². The van der Waals surface area contributed by atoms with E-state index in [0.717, 1.165) is 38.1 Å². The van der Waals surface area contributed by atoms with Crippen LogP contribution in [0.1, 0.15) is 37.0 Å². The highest BCUT2D eigenvalue weighted by Crippen LogP contribution is 2.32. The summed E-state index contributed by atoms with van der Waals surface area (Å²) in [5, 5.41) is 2.80. The van der Waals surface area contributed by atoms with Crippen LogP contribution in [0.25, 0.3) is 0 Å². The topological polar surface area (TPSA) is 142 Å². The normalized spacial score (nSPS) is 17.9. The maximum Gasteiger partial charge on any atom is 0.357 e. The van der Waals surface area contributed by atoms with Gasteiger partial charge in [0.15, 0.2) is 9.84 Å². The van der Waals surface area contributed by atoms with Gasteiger partial charge in [0.25, 0.3) is 5.91 Å². The number of amides is 1. The van der Waals surface area contributed by atoms with Crippen LogP contribution in [0.4, 0.5) is 5.69 Å². The number of benzene rings is 1. The van der Waals surface area contributed by atoms with Crippen LogP contribution < -0.4 is 14.8 Å². The van der Waals surface area contributed by atoms with E-state index in [1.54, 1.807) is 4.72 Å². The van der Waals surface area contributed by atoms with Gasteiger partial charge in [0.2, 0.25) is 0 Å². The number of rotatable bonds is 9. The highest BCUT2D eigenvalue weighted by Gasteiger charge is 2.27. The average molecular weight is 450 g/mol. The first-order chi connectivity index (χ1) is 13.5. The Morgan fingerprint density at radius 3 is 2.52 bits per heavy atom. The molecule has 1 saturated heterocycles. The molecule has 10 nitrogen and oxygen atoms in total. The number of ether oxygens (including phenoxy) is 1. The summed E-state index contributed by atoms with van der Waals surface area (Å²) in [6.07, 6.45) is 2.00. The van der Waals surface area contributed by atoms with Gasteiger partial charge in [-0.25, -0.2) is 8.42 Å². The number of nitrogens with one attached hydrogen (secondary N) is 2. The number of likely N-dealkylation sites (N-methyl/N-ethyl adjacent to an activating group) is 1. The van der Waals surface area contributed by atoms with E-state index >= 15 is 0 Å². The zero-order valence-electron chi connectivity index (χ0n) is 16.6. The Hall–Kier alpha value is -1.89. The summed E-state index contributed by atoms with van der Waals surface area (Å²) in [7, 11) is -7.37. The largest absolute Gasteiger partial charge is 0.496 e. The van der Waals surface area contributed by atoms with Crippen molar-refractivity contribution < 1.29 is 30.9 Å². The molecule has 1 fully saturated rings. The third-order valence-corrected chi connectivity index (χ3v) is 7.15. The number of anilines is 1. The molecule has 0 bridgehead atoms. The fraction of sp³-hybridized carbons (Fsp3) is 0.588. The lowest BCUT2D eigenvalue weighted by Gasteiger charge is -2.23. The smallest absolute Gasteiger partial charge is 0.357 e. The van der Waals surface area contributed by atoms with Crippen molar-refractivity contribution in [2.45, 2.75) is 37.6 Å². The number of nitrogens with zero attached hydrogens (tertiary/aromatic N) is 1. The summed E-state index contributed by atoms with van der Waals surface area (Å²) in [6, 6.07) is 2.33. The lowest BCUT2D eigenvalue weighted by atomic mass is 10.1. The molecule has 2 rings (SSSR count). The standard InChI is InChI=1S/C17H27N3O7S2/c1-4-20-8-6-7-12(20)11-18-17(21)13-9-16(28(22,23)5-2)14(10-15(13)27-3)19-29(24,25)26/h9-10,12,19H,4-8,11H2,1-3H3,(H,18,21)(H,24,25,26). The van der Waals surface area contributed by atoms with Gasteiger partial charge < -0.3 is 10.1 Å². The van der Waals surface area contributed by atoms with Crippen LogP contribution in [-0.4, -0.2) is 70.7 Å². The first kappa shape index (κ1) is 23.4. The molecule has 1 aromatic carbocycles. The molecule has 3 N–H and O–H groups in total. The molecule has 29 heavy (non-hydrogen) atoms. The third-order valence-electron chi connectivity index (χ3n) is 4.90. The minimum absolute atomic E-state index is 0.0255. The molecule has 1 aliphatic rings. The Morgan fingerprint density at radius 1 is 1.28 bits per heavy atom. The van der Waals surface area contributed by atoms with Crippen molar-refractivity contribution >= 4 is 31.7 Å². The molecular formula is C17H27N3O7S2. The van der Waals surface area contributed by atoms with Crippen molar-refractivity contribution in [1.82, 2.24) is 10.2 Å². The summed E-state index contributed by atoms with van der Waals surface area (Å²) in [4.78, 5) is 14.6. The van der Waals surface area contributed by atoms with Crippen LogP contribution in [-0.2, 0) is 20.1 Å². The van der Waals surface area contributed by atoms with E-state index in [9.17, 15) is 21.6 Å². The predicted octanol–water partition coefficient (Wildman–Crippen LogP) is 0.918. The van der Waals surface area contributed by atoms with Crippen LogP contribution in [0.15, 0.2) is 17.0 Å². The lowest BCUT2D eigenvalue weighted by molar-refractivity contribution is 0.0938. The molecule has 1 atom stereocenters. The molecule has 0 aliphatic carbocycles. The number of hydrogen-bond acceptors (Lipinski definition) is 7. The molecule has 1 aromatic rings. The molecule has 0 aromatic heterocycles. The fourth-order valence-corrected chi connectivity index (χ4v) is 4.95. The van der Waals surface area contributed by atoms with Crippen molar-refractivity contribution in [2.24, 2.45) is 0 Å². The maximum absolute atomic E-state index is 12.7. The third kappa shape index (κ3) is 5.81. The number of methoxy groups -OCH3 is 1. The second-order valence-electron chi connectivity index (χ2n) is 6.66. The van der Waals surface area contributed by atoms with Gasteiger partial charge in [-0.3, -0.25) is 19.0 Å². The molecule has 1 unspecified atom stereocenters. The summed E-state index contributed by atoms with van der Waals surface area (Å²) in [5.74, 6) is -0.883. The van der Waals surface area contributed by atoms with Gasteiger partial charge in [0.05, 0.1) is 29.0 Å². The molecule has 1 amide bonds. The van der Waals surface area contributed by atoms with Crippen molar-refractivity contribution in [1.29, 1.82) is 0 Å². The van der Waals surface area contributed by atoms with E-state index < -0.39 is 36.6 Å². The Labute approximate surface area is 171 Å². The summed E-state index contributed by atoms with van der Waals surface area (Å²) in [6.45, 7) is 5.67. The Kier molecular flexibility index (Phi) is 7.49. The molecule has 0 spiro atoms. The molecule has 1 heterocycles. The van der Waals surface area contributed by atoms with Crippen LogP contribution in [0.5, 0.6) is 5.75 Å². The summed E-state index contributed by atoms with van der Waals surface area (Å²) < 4.78 is 63.3. The molecule has 164 valence electrons. The first-order valence-electron chi connectivity index (χ1n) is 9.24. The fourth-order valence-electron chi connectivity index (χ4n) is 3.39. The van der Waals surface area contributed by atoms with Gasteiger partial charge in [0.1, 0.15) is 5.75 Å². The van der Waals surface area contributed by atoms with Gasteiger partial charge in [-0.2, -0.15) is 8.42 Å². The highest BCUT2D eigenvalue weighted by molar-refractivity contribution is 7.91. The maximum atomic E-state index is 12.7. The first-order valence-corrected chi connectivity index (χ1v) is 12.3. The van der Waals surface area contributed by atoms with Gasteiger partial charge in [-0.05, 0) is 32.0 Å². The molecule has 0 radical (unpaired) electrons. The van der Waals surface area contributed by atoms with Gasteiger partial charge in [0, 0.05) is 18.7 Å². The number of carbonyl (C=O) groups is 1. The van der Waals surface area contributed by atoms with E-state index in [2.05, 4.69) is 10.2 Å². The molecule has 12 heteroatoms. The van der Waals surface area contributed by atoms with E-state index in [-0.39, 0.29) is 23.1 Å². The van der Waals surface area contributed by atoms with E-state index in [0.29, 0.717) is 6.54 Å². The number of hydrogen-bond donors (Lipinski definition) is 3. The minimum Gasteiger partial charge on any atom is -0.496 e. The highest BCUT2D eigenvalue weighted by atomic mass is 32.2. The van der Waals surface area contributed by atoms with Gasteiger partial charge in [-0.15, -0.1) is 0 Å². The van der Waals surface area contributed by atoms with E-state index in [1.165, 1.54) is 14.0 Å². The van der Waals surface area contributed by atoms with Crippen LogP contribution in [0.2, 0.25) is 0 Å². The predicted molar refractivity (Wildman–Crippen MR) is 108 cm³/mol. The quantitative estimate of drug-likeness (QED) is 0.472. The summed E-state index contributed by atoms with van der Waals surface area (Å²) in [5.41, 5.74) is -0.433. The molecule has 1 aliphatic heterocycles. The minimum atomic E-state index is -4.73. The van der Waals surface area contributed by atoms with Crippen molar-refractivity contribution in [3.63, 3.8) is 0 Å². The zero-order valence-corrected chi connectivity index (χ0v) is 18.3. The number of carbonyl (C=O) groups excluding carboxylic acids is 1. The average Bonchev–Trinajstić information content (AvgIpc) is 3.11. The van der Waals surface area contributed by atoms with E-state index in [4.69, 9.17) is 9.29 Å². The van der Waals surface area contributed by atoms with Gasteiger partial charge >= 0.3 is 10.3 Å². The second-order valence-corrected chi connectivity index (χ2v) is 10.1. The van der Waals surface area contributed by atoms with Crippen molar-refractivity contribution in [3.8, 4) is 5.75 Å². The number of likely N-dealkylation sites (tertiary alicyclic amines) is 1. The zero-order chi connectivity index (χ0) is 21.8. The SMILES string of the molecule is CCN1CCCC1CNC(=O)c1cc(S(=O)(=O)CC)c(NS(=O)(=O)O)cc1OC. The number of sulfone groups is 1. The van der Waals surface area contributed by atoms with Crippen molar-refractivity contribution in [3.05, 3.63) is 17.7 Å². The Bertz CT molecular complexity index is 961. The Balaban J connectivity index is 2.40. The lowest BCUT2D eigenvalue weighted by Crippen LogP contribution is -2.40. The van der Waals surface area contributed by atoms with Crippen molar-refractivity contribution in [2.75, 3.05) is 37.2 Å². The molecule has 0 saturated carbocycles. The van der Waals surface area contributed by atoms with Crippen LogP contribution in [0, 0.1) is 0 Å². The van der Waals surface area contributed by atoms with Crippen LogP contribution >= 0.6 is 0 Å². The second kappa shape index (κ2) is 9.28. The Morgan fingerprint density at radius 2 is 1.97 bits per heavy atom. The summed E-state index contributed by atoms with van der Waals surface area (Å²) >= 11 is 0. The molecular weight excluding hydrogens is 422 g/mol. The van der Waals surface area contributed by atoms with Crippen LogP contribution in [0.3, 0.4) is 0 Å². The van der Waals surface area contributed by atoms with Gasteiger partial charge in [-0.1, -0.05) is 13.8 Å². The monoisotopic (exact) mass is 449 g/mol.